The number of hydrogen-bond acceptors (Lipinski definition) is 1. The van der Waals surface area contributed by atoms with Crippen LogP contribution in [0.4, 0.5) is 13.2 Å². The number of rotatable bonds is 3. The van der Waals surface area contributed by atoms with Crippen molar-refractivity contribution >= 4 is 5.91 Å². The summed E-state index contributed by atoms with van der Waals surface area (Å²) >= 11 is 0. The number of benzene rings is 1. The smallest absolute Gasteiger partial charge is 0.343 e. The first-order chi connectivity index (χ1) is 9.88. The number of nitrogens with zero attached hydrogens (tertiary/aromatic N) is 1. The van der Waals surface area contributed by atoms with Gasteiger partial charge in [0.05, 0.1) is 5.56 Å². The van der Waals surface area contributed by atoms with Crippen LogP contribution >= 0.6 is 0 Å². The molecule has 0 bridgehead atoms. The highest BCUT2D eigenvalue weighted by molar-refractivity contribution is 5.73. The van der Waals surface area contributed by atoms with E-state index in [0.717, 1.165) is 25.5 Å². The average Bonchev–Trinajstić information content (AvgIpc) is 2.45. The van der Waals surface area contributed by atoms with Crippen LogP contribution in [0.25, 0.3) is 0 Å². The predicted octanol–water partition coefficient (Wildman–Crippen LogP) is 3.90. The molecule has 2 nitrogen and oxygen atoms in total. The van der Waals surface area contributed by atoms with E-state index in [-0.39, 0.29) is 5.91 Å². The van der Waals surface area contributed by atoms with Gasteiger partial charge in [0, 0.05) is 20.0 Å². The van der Waals surface area contributed by atoms with Crippen LogP contribution in [0.2, 0.25) is 0 Å². The summed E-state index contributed by atoms with van der Waals surface area (Å²) in [5.41, 5.74) is -0.186. The number of hydrogen-bond donors (Lipinski definition) is 0. The highest BCUT2D eigenvalue weighted by Gasteiger charge is 2.33. The maximum atomic E-state index is 12.9. The van der Waals surface area contributed by atoms with Gasteiger partial charge in [-0.25, -0.2) is 0 Å². The Bertz CT molecular complexity index is 499. The van der Waals surface area contributed by atoms with Gasteiger partial charge in [-0.05, 0) is 43.2 Å². The fourth-order valence-electron chi connectivity index (χ4n) is 2.96. The largest absolute Gasteiger partial charge is 0.416 e. The molecule has 1 aliphatic heterocycles. The van der Waals surface area contributed by atoms with Gasteiger partial charge in [0.2, 0.25) is 5.91 Å². The van der Waals surface area contributed by atoms with Crippen LogP contribution in [-0.4, -0.2) is 23.9 Å². The van der Waals surface area contributed by atoms with E-state index >= 15 is 0 Å². The minimum absolute atomic E-state index is 0.0513. The third-order valence-corrected chi connectivity index (χ3v) is 4.11. The molecule has 0 unspecified atom stereocenters. The summed E-state index contributed by atoms with van der Waals surface area (Å²) in [7, 11) is 0. The highest BCUT2D eigenvalue weighted by Crippen LogP contribution is 2.33. The van der Waals surface area contributed by atoms with Crippen molar-refractivity contribution in [2.75, 3.05) is 13.1 Å². The van der Waals surface area contributed by atoms with Crippen LogP contribution in [0.3, 0.4) is 0 Å². The summed E-state index contributed by atoms with van der Waals surface area (Å²) in [5, 5.41) is 0. The Morgan fingerprint density at radius 3 is 2.71 bits per heavy atom. The zero-order chi connectivity index (χ0) is 15.5. The van der Waals surface area contributed by atoms with Crippen LogP contribution in [-0.2, 0) is 17.4 Å². The lowest BCUT2D eigenvalue weighted by atomic mass is 9.90. The predicted molar refractivity (Wildman–Crippen MR) is 74.7 cm³/mol. The van der Waals surface area contributed by atoms with Crippen LogP contribution in [0.5, 0.6) is 0 Å². The molecule has 1 fully saturated rings. The summed E-state index contributed by atoms with van der Waals surface area (Å²) in [6.07, 6.45) is -1.28. The maximum absolute atomic E-state index is 12.9. The maximum Gasteiger partial charge on any atom is 0.416 e. The molecule has 1 amide bonds. The quantitative estimate of drug-likeness (QED) is 0.829. The number of carbonyl (C=O) groups excluding carboxylic acids is 1. The Morgan fingerprint density at radius 2 is 2.05 bits per heavy atom. The van der Waals surface area contributed by atoms with Gasteiger partial charge in [-0.1, -0.05) is 18.2 Å². The average molecular weight is 299 g/mol. The summed E-state index contributed by atoms with van der Waals surface area (Å²) in [6.45, 7) is 2.98. The van der Waals surface area contributed by atoms with Gasteiger partial charge in [-0.15, -0.1) is 0 Å². The van der Waals surface area contributed by atoms with Crippen molar-refractivity contribution in [3.63, 3.8) is 0 Å². The molecule has 1 aromatic rings. The number of halogens is 3. The molecular weight excluding hydrogens is 279 g/mol. The first-order valence-electron chi connectivity index (χ1n) is 7.28. The van der Waals surface area contributed by atoms with E-state index in [9.17, 15) is 18.0 Å². The molecule has 0 spiro atoms. The number of likely N-dealkylation sites (tertiary alicyclic amines) is 1. The fourth-order valence-corrected chi connectivity index (χ4v) is 2.96. The first-order valence-corrected chi connectivity index (χ1v) is 7.28. The van der Waals surface area contributed by atoms with Gasteiger partial charge >= 0.3 is 6.18 Å². The molecule has 0 N–H and O–H groups in total. The third-order valence-electron chi connectivity index (χ3n) is 4.11. The monoisotopic (exact) mass is 299 g/mol. The summed E-state index contributed by atoms with van der Waals surface area (Å²) in [4.78, 5) is 13.2. The van der Waals surface area contributed by atoms with E-state index in [4.69, 9.17) is 0 Å². The van der Waals surface area contributed by atoms with Crippen molar-refractivity contribution in [3.8, 4) is 0 Å². The van der Waals surface area contributed by atoms with Crippen LogP contribution in [0.1, 0.15) is 37.3 Å². The second kappa shape index (κ2) is 6.50. The van der Waals surface area contributed by atoms with Gasteiger partial charge in [-0.3, -0.25) is 4.79 Å². The van der Waals surface area contributed by atoms with Crippen LogP contribution in [0, 0.1) is 5.92 Å². The summed E-state index contributed by atoms with van der Waals surface area (Å²) < 4.78 is 38.8. The van der Waals surface area contributed by atoms with Crippen molar-refractivity contribution in [1.82, 2.24) is 4.90 Å². The third kappa shape index (κ3) is 4.22. The molecule has 1 heterocycles. The van der Waals surface area contributed by atoms with E-state index in [2.05, 4.69) is 0 Å². The van der Waals surface area contributed by atoms with Gasteiger partial charge < -0.3 is 4.90 Å². The molecular formula is C16H20F3NO. The lowest BCUT2D eigenvalue weighted by Gasteiger charge is -2.32. The van der Waals surface area contributed by atoms with Gasteiger partial charge in [0.1, 0.15) is 0 Å². The topological polar surface area (TPSA) is 20.3 Å². The van der Waals surface area contributed by atoms with E-state index < -0.39 is 11.7 Å². The van der Waals surface area contributed by atoms with Crippen molar-refractivity contribution in [2.24, 2.45) is 5.92 Å². The van der Waals surface area contributed by atoms with Crippen LogP contribution < -0.4 is 0 Å². The lowest BCUT2D eigenvalue weighted by Crippen LogP contribution is -2.38. The molecule has 1 aliphatic rings. The van der Waals surface area contributed by atoms with Crippen LogP contribution in [0.15, 0.2) is 24.3 Å². The van der Waals surface area contributed by atoms with E-state index in [1.807, 2.05) is 0 Å². The first kappa shape index (κ1) is 15.9. The molecule has 2 rings (SSSR count). The van der Waals surface area contributed by atoms with Gasteiger partial charge in [0.25, 0.3) is 0 Å². The minimum atomic E-state index is -4.30. The van der Waals surface area contributed by atoms with E-state index in [1.165, 1.54) is 6.07 Å². The molecule has 1 saturated heterocycles. The molecule has 0 radical (unpaired) electrons. The number of alkyl halides is 3. The Kier molecular flexibility index (Phi) is 4.91. The zero-order valence-corrected chi connectivity index (χ0v) is 12.1. The number of piperidine rings is 1. The molecule has 0 aliphatic carbocycles. The Labute approximate surface area is 122 Å². The van der Waals surface area contributed by atoms with Gasteiger partial charge in [0.15, 0.2) is 0 Å². The lowest BCUT2D eigenvalue weighted by molar-refractivity contribution is -0.138. The summed E-state index contributed by atoms with van der Waals surface area (Å²) in [5.74, 6) is 0.347. The van der Waals surface area contributed by atoms with Crippen molar-refractivity contribution in [3.05, 3.63) is 35.4 Å². The Balaban J connectivity index is 1.99. The van der Waals surface area contributed by atoms with Gasteiger partial charge in [-0.2, -0.15) is 13.2 Å². The van der Waals surface area contributed by atoms with Crippen molar-refractivity contribution in [1.29, 1.82) is 0 Å². The molecule has 1 atom stereocenters. The van der Waals surface area contributed by atoms with E-state index in [1.54, 1.807) is 24.0 Å². The molecule has 116 valence electrons. The van der Waals surface area contributed by atoms with Crippen molar-refractivity contribution in [2.45, 2.75) is 38.8 Å². The Hall–Kier alpha value is -1.52. The second-order valence-corrected chi connectivity index (χ2v) is 5.67. The molecule has 5 heteroatoms. The fraction of sp³-hybridized carbons (Fsp3) is 0.562. The SMILES string of the molecule is CC(=O)N1CCC[C@@H](CCc2ccccc2C(F)(F)F)C1. The second-order valence-electron chi connectivity index (χ2n) is 5.67. The normalized spacial score (nSPS) is 19.6. The molecule has 0 aromatic heterocycles. The van der Waals surface area contributed by atoms with E-state index in [0.29, 0.717) is 30.9 Å². The van der Waals surface area contributed by atoms with Crippen molar-refractivity contribution < 1.29 is 18.0 Å². The summed E-state index contributed by atoms with van der Waals surface area (Å²) in [6, 6.07) is 5.75. The number of amides is 1. The Morgan fingerprint density at radius 1 is 1.33 bits per heavy atom. The molecule has 0 saturated carbocycles. The standard InChI is InChI=1S/C16H20F3NO/c1-12(21)20-10-4-5-13(11-20)8-9-14-6-2-3-7-15(14)16(17,18)19/h2-3,6-7,13H,4-5,8-11H2,1H3/t13-/m0/s1. The number of carbonyl (C=O) groups is 1. The molecule has 21 heavy (non-hydrogen) atoms. The number of aryl methyl sites for hydroxylation is 1. The molecule has 1 aromatic carbocycles. The minimum Gasteiger partial charge on any atom is -0.343 e. The zero-order valence-electron chi connectivity index (χ0n) is 12.1. The highest BCUT2D eigenvalue weighted by atomic mass is 19.4.